The molecule has 110 valence electrons. The molecule has 0 bridgehead atoms. The zero-order chi connectivity index (χ0) is 14.0. The van der Waals surface area contributed by atoms with Gasteiger partial charge in [0.15, 0.2) is 0 Å². The van der Waals surface area contributed by atoms with Crippen LogP contribution in [-0.2, 0) is 9.53 Å². The van der Waals surface area contributed by atoms with E-state index in [2.05, 4.69) is 23.8 Å². The van der Waals surface area contributed by atoms with Gasteiger partial charge in [-0.3, -0.25) is 9.69 Å². The first-order valence-electron chi connectivity index (χ1n) is 7.31. The third-order valence-corrected chi connectivity index (χ3v) is 4.69. The summed E-state index contributed by atoms with van der Waals surface area (Å²) in [5.41, 5.74) is 5.58. The second-order valence-electron chi connectivity index (χ2n) is 6.08. The first-order valence-corrected chi connectivity index (χ1v) is 7.31. The molecule has 0 aromatic heterocycles. The van der Waals surface area contributed by atoms with Crippen LogP contribution in [0, 0.1) is 5.92 Å². The molecule has 1 aliphatic heterocycles. The Hall–Kier alpha value is -0.650. The van der Waals surface area contributed by atoms with Crippen LogP contribution >= 0.6 is 0 Å². The van der Waals surface area contributed by atoms with E-state index in [9.17, 15) is 4.79 Å². The first kappa shape index (κ1) is 14.8. The highest BCUT2D eigenvalue weighted by Crippen LogP contribution is 2.39. The Morgan fingerprint density at radius 1 is 1.42 bits per heavy atom. The SMILES string of the molecule is CCC1CN(CC(N)(C(=O)OC)C2CC2)CCN1C. The molecule has 0 spiro atoms. The quantitative estimate of drug-likeness (QED) is 0.727. The van der Waals surface area contributed by atoms with E-state index in [1.807, 2.05) is 0 Å². The smallest absolute Gasteiger partial charge is 0.327 e. The van der Waals surface area contributed by atoms with Gasteiger partial charge >= 0.3 is 5.97 Å². The molecule has 19 heavy (non-hydrogen) atoms. The van der Waals surface area contributed by atoms with Crippen LogP contribution in [0.5, 0.6) is 0 Å². The van der Waals surface area contributed by atoms with Crippen molar-refractivity contribution in [1.82, 2.24) is 9.80 Å². The molecule has 2 rings (SSSR count). The van der Waals surface area contributed by atoms with Crippen molar-refractivity contribution in [2.24, 2.45) is 11.7 Å². The minimum absolute atomic E-state index is 0.248. The first-order chi connectivity index (χ1) is 9.01. The van der Waals surface area contributed by atoms with Gasteiger partial charge in [0.05, 0.1) is 7.11 Å². The average Bonchev–Trinajstić information content (AvgIpc) is 3.24. The maximum Gasteiger partial charge on any atom is 0.327 e. The molecular formula is C14H27N3O2. The number of methoxy groups -OCH3 is 1. The summed E-state index contributed by atoms with van der Waals surface area (Å²) in [7, 11) is 3.60. The molecule has 0 aromatic carbocycles. The third kappa shape index (κ3) is 3.09. The number of carbonyl (C=O) groups is 1. The highest BCUT2D eigenvalue weighted by molar-refractivity contribution is 5.81. The lowest BCUT2D eigenvalue weighted by atomic mass is 9.93. The molecule has 5 heteroatoms. The lowest BCUT2D eigenvalue weighted by molar-refractivity contribution is -0.149. The van der Waals surface area contributed by atoms with Crippen molar-refractivity contribution in [3.8, 4) is 0 Å². The highest BCUT2D eigenvalue weighted by Gasteiger charge is 2.50. The van der Waals surface area contributed by atoms with Gasteiger partial charge in [-0.15, -0.1) is 0 Å². The number of carbonyl (C=O) groups excluding carboxylic acids is 1. The highest BCUT2D eigenvalue weighted by atomic mass is 16.5. The number of ether oxygens (including phenoxy) is 1. The summed E-state index contributed by atoms with van der Waals surface area (Å²) in [5, 5.41) is 0. The summed E-state index contributed by atoms with van der Waals surface area (Å²) in [4.78, 5) is 16.7. The summed E-state index contributed by atoms with van der Waals surface area (Å²) >= 11 is 0. The Morgan fingerprint density at radius 2 is 2.11 bits per heavy atom. The van der Waals surface area contributed by atoms with E-state index < -0.39 is 5.54 Å². The van der Waals surface area contributed by atoms with Crippen LogP contribution in [-0.4, -0.2) is 67.7 Å². The maximum absolute atomic E-state index is 12.0. The van der Waals surface area contributed by atoms with Crippen molar-refractivity contribution < 1.29 is 9.53 Å². The number of piperazine rings is 1. The molecule has 1 heterocycles. The Kier molecular flexibility index (Phi) is 4.48. The molecule has 2 unspecified atom stereocenters. The second-order valence-corrected chi connectivity index (χ2v) is 6.08. The van der Waals surface area contributed by atoms with E-state index in [1.165, 1.54) is 7.11 Å². The largest absolute Gasteiger partial charge is 0.468 e. The lowest BCUT2D eigenvalue weighted by Gasteiger charge is -2.42. The van der Waals surface area contributed by atoms with Gasteiger partial charge in [0, 0.05) is 32.2 Å². The summed E-state index contributed by atoms with van der Waals surface area (Å²) in [6.07, 6.45) is 3.24. The van der Waals surface area contributed by atoms with Gasteiger partial charge in [0.25, 0.3) is 0 Å². The van der Waals surface area contributed by atoms with Crippen molar-refractivity contribution >= 4 is 5.97 Å². The molecule has 1 aliphatic carbocycles. The number of nitrogens with zero attached hydrogens (tertiary/aromatic N) is 2. The van der Waals surface area contributed by atoms with Crippen molar-refractivity contribution in [3.63, 3.8) is 0 Å². The van der Waals surface area contributed by atoms with Crippen LogP contribution in [0.25, 0.3) is 0 Å². The molecule has 0 radical (unpaired) electrons. The van der Waals surface area contributed by atoms with Crippen LogP contribution in [0.4, 0.5) is 0 Å². The van der Waals surface area contributed by atoms with Gasteiger partial charge in [-0.1, -0.05) is 6.92 Å². The fraction of sp³-hybridized carbons (Fsp3) is 0.929. The third-order valence-electron chi connectivity index (χ3n) is 4.69. The van der Waals surface area contributed by atoms with Gasteiger partial charge in [-0.25, -0.2) is 0 Å². The number of hydrogen-bond acceptors (Lipinski definition) is 5. The monoisotopic (exact) mass is 269 g/mol. The minimum Gasteiger partial charge on any atom is -0.468 e. The van der Waals surface area contributed by atoms with Gasteiger partial charge in [-0.05, 0) is 32.2 Å². The van der Waals surface area contributed by atoms with Crippen LogP contribution in [0.15, 0.2) is 0 Å². The predicted molar refractivity (Wildman–Crippen MR) is 74.8 cm³/mol. The molecule has 5 nitrogen and oxygen atoms in total. The van der Waals surface area contributed by atoms with E-state index in [-0.39, 0.29) is 5.97 Å². The van der Waals surface area contributed by atoms with Crippen LogP contribution in [0.3, 0.4) is 0 Å². The molecule has 0 amide bonds. The van der Waals surface area contributed by atoms with Gasteiger partial charge in [-0.2, -0.15) is 0 Å². The molecule has 0 aromatic rings. The summed E-state index contributed by atoms with van der Waals surface area (Å²) in [6, 6.07) is 0.565. The Labute approximate surface area is 116 Å². The zero-order valence-corrected chi connectivity index (χ0v) is 12.4. The second kappa shape index (κ2) is 5.77. The summed E-state index contributed by atoms with van der Waals surface area (Å²) < 4.78 is 4.93. The van der Waals surface area contributed by atoms with Crippen LogP contribution in [0.1, 0.15) is 26.2 Å². The van der Waals surface area contributed by atoms with Gasteiger partial charge in [0.2, 0.25) is 0 Å². The molecule has 1 saturated heterocycles. The lowest BCUT2D eigenvalue weighted by Crippen LogP contribution is -2.62. The average molecular weight is 269 g/mol. The number of likely N-dealkylation sites (N-methyl/N-ethyl adjacent to an activating group) is 1. The normalized spacial score (nSPS) is 28.9. The topological polar surface area (TPSA) is 58.8 Å². The molecule has 2 N–H and O–H groups in total. The number of hydrogen-bond donors (Lipinski definition) is 1. The van der Waals surface area contributed by atoms with E-state index in [0.29, 0.717) is 18.5 Å². The molecule has 2 fully saturated rings. The van der Waals surface area contributed by atoms with Crippen molar-refractivity contribution in [2.75, 3.05) is 40.3 Å². The summed E-state index contributed by atoms with van der Waals surface area (Å²) in [5.74, 6) is 0.0571. The van der Waals surface area contributed by atoms with E-state index >= 15 is 0 Å². The standard InChI is InChI=1S/C14H27N3O2/c1-4-12-9-17(8-7-16(12)2)10-14(15,11-5-6-11)13(18)19-3/h11-12H,4-10,15H2,1-3H3. The van der Waals surface area contributed by atoms with Crippen molar-refractivity contribution in [2.45, 2.75) is 37.8 Å². The number of nitrogens with two attached hydrogens (primary N) is 1. The van der Waals surface area contributed by atoms with Gasteiger partial charge < -0.3 is 15.4 Å². The van der Waals surface area contributed by atoms with E-state index in [0.717, 1.165) is 38.9 Å². The Bertz CT molecular complexity index is 333. The molecule has 2 atom stereocenters. The minimum atomic E-state index is -0.803. The predicted octanol–water partition coefficient (Wildman–Crippen LogP) is 0.293. The van der Waals surface area contributed by atoms with Crippen molar-refractivity contribution in [1.29, 1.82) is 0 Å². The van der Waals surface area contributed by atoms with Crippen molar-refractivity contribution in [3.05, 3.63) is 0 Å². The summed E-state index contributed by atoms with van der Waals surface area (Å²) in [6.45, 7) is 5.86. The zero-order valence-electron chi connectivity index (χ0n) is 12.4. The molecule has 2 aliphatic rings. The molecular weight excluding hydrogens is 242 g/mol. The maximum atomic E-state index is 12.0. The molecule has 1 saturated carbocycles. The number of rotatable bonds is 5. The Morgan fingerprint density at radius 3 is 2.63 bits per heavy atom. The van der Waals surface area contributed by atoms with Crippen LogP contribution < -0.4 is 5.73 Å². The van der Waals surface area contributed by atoms with Gasteiger partial charge in [0.1, 0.15) is 5.54 Å². The fourth-order valence-electron chi connectivity index (χ4n) is 3.11. The number of esters is 1. The van der Waals surface area contributed by atoms with Crippen LogP contribution in [0.2, 0.25) is 0 Å². The Balaban J connectivity index is 2.00. The fourth-order valence-corrected chi connectivity index (χ4v) is 3.11. The van der Waals surface area contributed by atoms with E-state index in [4.69, 9.17) is 10.5 Å². The van der Waals surface area contributed by atoms with E-state index in [1.54, 1.807) is 0 Å².